The first-order chi connectivity index (χ1) is 9.77. The second-order valence-corrected chi connectivity index (χ2v) is 6.00. The van der Waals surface area contributed by atoms with Crippen LogP contribution in [0.4, 0.5) is 0 Å². The maximum absolute atomic E-state index is 6.09. The third-order valence-corrected chi connectivity index (χ3v) is 4.59. The van der Waals surface area contributed by atoms with Crippen molar-refractivity contribution in [1.29, 1.82) is 0 Å². The van der Waals surface area contributed by atoms with Crippen LogP contribution in [-0.2, 0) is 9.47 Å². The summed E-state index contributed by atoms with van der Waals surface area (Å²) in [6.45, 7) is 4.77. The predicted octanol–water partition coefficient (Wildman–Crippen LogP) is 2.46. The van der Waals surface area contributed by atoms with Gasteiger partial charge in [0.2, 0.25) is 0 Å². The lowest BCUT2D eigenvalue weighted by atomic mass is 9.84. The number of nitrogens with one attached hydrogen (secondary N) is 1. The van der Waals surface area contributed by atoms with Gasteiger partial charge in [0, 0.05) is 44.3 Å². The van der Waals surface area contributed by atoms with E-state index in [9.17, 15) is 0 Å². The molecule has 3 rings (SSSR count). The summed E-state index contributed by atoms with van der Waals surface area (Å²) in [5.74, 6) is 0. The molecule has 2 aliphatic rings. The van der Waals surface area contributed by atoms with E-state index in [1.54, 1.807) is 0 Å². The van der Waals surface area contributed by atoms with E-state index < -0.39 is 0 Å². The summed E-state index contributed by atoms with van der Waals surface area (Å²) >= 11 is 0. The summed E-state index contributed by atoms with van der Waals surface area (Å²) in [5, 5.41) is 3.76. The number of rotatable bonds is 3. The number of nitrogens with zero attached hydrogens (tertiary/aromatic N) is 1. The number of ether oxygens (including phenoxy) is 2. The van der Waals surface area contributed by atoms with E-state index in [4.69, 9.17) is 9.47 Å². The fourth-order valence-corrected chi connectivity index (χ4v) is 3.36. The van der Waals surface area contributed by atoms with Crippen molar-refractivity contribution in [3.05, 3.63) is 30.1 Å². The highest BCUT2D eigenvalue weighted by Gasteiger charge is 2.39. The normalized spacial score (nSPS) is 27.4. The fraction of sp³-hybridized carbons (Fsp3) is 0.688. The Morgan fingerprint density at radius 2 is 2.00 bits per heavy atom. The largest absolute Gasteiger partial charge is 0.381 e. The van der Waals surface area contributed by atoms with Crippen molar-refractivity contribution in [2.75, 3.05) is 19.8 Å². The van der Waals surface area contributed by atoms with Crippen LogP contribution in [0.5, 0.6) is 0 Å². The molecule has 0 saturated carbocycles. The molecule has 1 aromatic heterocycles. The topological polar surface area (TPSA) is 43.4 Å². The molecule has 0 aromatic carbocycles. The van der Waals surface area contributed by atoms with Crippen molar-refractivity contribution in [1.82, 2.24) is 10.3 Å². The molecule has 2 fully saturated rings. The Labute approximate surface area is 120 Å². The van der Waals surface area contributed by atoms with Crippen LogP contribution in [0.2, 0.25) is 0 Å². The molecule has 1 spiro atoms. The quantitative estimate of drug-likeness (QED) is 0.921. The third kappa shape index (κ3) is 3.19. The lowest BCUT2D eigenvalue weighted by Crippen LogP contribution is -2.50. The Kier molecular flexibility index (Phi) is 4.34. The van der Waals surface area contributed by atoms with Gasteiger partial charge in [-0.2, -0.15) is 0 Å². The maximum Gasteiger partial charge on any atom is 0.0741 e. The average Bonchev–Trinajstić information content (AvgIpc) is 2.49. The molecule has 4 heteroatoms. The first-order valence-electron chi connectivity index (χ1n) is 7.65. The standard InChI is InChI=1S/C16H24N2O2/c1-13(14-2-7-17-8-3-14)18-15-4-9-20-16(12-15)5-10-19-11-6-16/h2-3,7-8,13,15,18H,4-6,9-12H2,1H3. The van der Waals surface area contributed by atoms with Crippen LogP contribution in [0.3, 0.4) is 0 Å². The third-order valence-electron chi connectivity index (χ3n) is 4.59. The van der Waals surface area contributed by atoms with E-state index in [-0.39, 0.29) is 5.60 Å². The Bertz CT molecular complexity index is 412. The lowest BCUT2D eigenvalue weighted by molar-refractivity contribution is -0.140. The highest BCUT2D eigenvalue weighted by molar-refractivity contribution is 5.14. The van der Waals surface area contributed by atoms with Gasteiger partial charge >= 0.3 is 0 Å². The first-order valence-corrected chi connectivity index (χ1v) is 7.65. The fourth-order valence-electron chi connectivity index (χ4n) is 3.36. The van der Waals surface area contributed by atoms with Gasteiger partial charge in [0.25, 0.3) is 0 Å². The molecule has 20 heavy (non-hydrogen) atoms. The van der Waals surface area contributed by atoms with Crippen LogP contribution < -0.4 is 5.32 Å². The molecule has 2 saturated heterocycles. The van der Waals surface area contributed by atoms with E-state index in [0.717, 1.165) is 45.5 Å². The summed E-state index contributed by atoms with van der Waals surface area (Å²) in [5.41, 5.74) is 1.36. The average molecular weight is 276 g/mol. The molecular formula is C16H24N2O2. The van der Waals surface area contributed by atoms with Crippen LogP contribution in [0, 0.1) is 0 Å². The Hall–Kier alpha value is -0.970. The molecule has 3 heterocycles. The smallest absolute Gasteiger partial charge is 0.0741 e. The van der Waals surface area contributed by atoms with Gasteiger partial charge in [-0.05, 0) is 50.3 Å². The minimum absolute atomic E-state index is 0.0616. The molecule has 2 unspecified atom stereocenters. The molecular weight excluding hydrogens is 252 g/mol. The zero-order valence-corrected chi connectivity index (χ0v) is 12.2. The van der Waals surface area contributed by atoms with Gasteiger partial charge in [-0.25, -0.2) is 0 Å². The highest BCUT2D eigenvalue weighted by Crippen LogP contribution is 2.34. The summed E-state index contributed by atoms with van der Waals surface area (Å²) in [7, 11) is 0. The molecule has 0 amide bonds. The molecule has 1 N–H and O–H groups in total. The second kappa shape index (κ2) is 6.20. The van der Waals surface area contributed by atoms with Gasteiger partial charge in [0.05, 0.1) is 5.60 Å². The highest BCUT2D eigenvalue weighted by atomic mass is 16.5. The van der Waals surface area contributed by atoms with E-state index >= 15 is 0 Å². The van der Waals surface area contributed by atoms with Gasteiger partial charge < -0.3 is 14.8 Å². The second-order valence-electron chi connectivity index (χ2n) is 6.00. The molecule has 2 aliphatic heterocycles. The SMILES string of the molecule is CC(NC1CCOC2(CCOCC2)C1)c1ccncc1. The molecule has 2 atom stereocenters. The molecule has 1 aromatic rings. The molecule has 0 aliphatic carbocycles. The summed E-state index contributed by atoms with van der Waals surface area (Å²) in [4.78, 5) is 4.08. The Morgan fingerprint density at radius 1 is 1.25 bits per heavy atom. The summed E-state index contributed by atoms with van der Waals surface area (Å²) < 4.78 is 11.6. The monoisotopic (exact) mass is 276 g/mol. The van der Waals surface area contributed by atoms with Crippen molar-refractivity contribution in [2.45, 2.75) is 50.3 Å². The van der Waals surface area contributed by atoms with Crippen LogP contribution >= 0.6 is 0 Å². The zero-order chi connectivity index (χ0) is 13.8. The van der Waals surface area contributed by atoms with Gasteiger partial charge in [0.15, 0.2) is 0 Å². The molecule has 0 radical (unpaired) electrons. The van der Waals surface area contributed by atoms with Crippen molar-refractivity contribution >= 4 is 0 Å². The van der Waals surface area contributed by atoms with E-state index in [0.29, 0.717) is 12.1 Å². The minimum atomic E-state index is 0.0616. The van der Waals surface area contributed by atoms with Crippen molar-refractivity contribution in [3.63, 3.8) is 0 Å². The van der Waals surface area contributed by atoms with E-state index in [1.807, 2.05) is 12.4 Å². The predicted molar refractivity (Wildman–Crippen MR) is 77.5 cm³/mol. The van der Waals surface area contributed by atoms with E-state index in [2.05, 4.69) is 29.4 Å². The van der Waals surface area contributed by atoms with Crippen molar-refractivity contribution in [3.8, 4) is 0 Å². The van der Waals surface area contributed by atoms with Crippen LogP contribution in [0.25, 0.3) is 0 Å². The Morgan fingerprint density at radius 3 is 2.75 bits per heavy atom. The molecule has 4 nitrogen and oxygen atoms in total. The zero-order valence-electron chi connectivity index (χ0n) is 12.2. The van der Waals surface area contributed by atoms with E-state index in [1.165, 1.54) is 5.56 Å². The summed E-state index contributed by atoms with van der Waals surface area (Å²) in [6, 6.07) is 5.06. The van der Waals surface area contributed by atoms with Gasteiger partial charge in [0.1, 0.15) is 0 Å². The molecule has 0 bridgehead atoms. The number of pyridine rings is 1. The summed E-state index contributed by atoms with van der Waals surface area (Å²) in [6.07, 6.45) is 7.99. The number of hydrogen-bond acceptors (Lipinski definition) is 4. The van der Waals surface area contributed by atoms with Crippen LogP contribution in [-0.4, -0.2) is 36.4 Å². The van der Waals surface area contributed by atoms with Gasteiger partial charge in [-0.3, -0.25) is 4.98 Å². The van der Waals surface area contributed by atoms with Crippen LogP contribution in [0.1, 0.15) is 44.2 Å². The Balaban J connectivity index is 1.60. The number of aromatic nitrogens is 1. The molecule has 110 valence electrons. The minimum Gasteiger partial charge on any atom is -0.381 e. The van der Waals surface area contributed by atoms with Crippen molar-refractivity contribution < 1.29 is 9.47 Å². The van der Waals surface area contributed by atoms with Crippen molar-refractivity contribution in [2.24, 2.45) is 0 Å². The lowest BCUT2D eigenvalue weighted by Gasteiger charge is -2.44. The van der Waals surface area contributed by atoms with Gasteiger partial charge in [-0.15, -0.1) is 0 Å². The van der Waals surface area contributed by atoms with Crippen LogP contribution in [0.15, 0.2) is 24.5 Å². The number of hydrogen-bond donors (Lipinski definition) is 1. The van der Waals surface area contributed by atoms with Gasteiger partial charge in [-0.1, -0.05) is 0 Å². The first kappa shape index (κ1) is 14.0. The maximum atomic E-state index is 6.09.